The summed E-state index contributed by atoms with van der Waals surface area (Å²) in [4.78, 5) is 13.3. The van der Waals surface area contributed by atoms with Gasteiger partial charge in [0.05, 0.1) is 13.2 Å². The van der Waals surface area contributed by atoms with Crippen molar-refractivity contribution in [2.75, 3.05) is 13.7 Å². The smallest absolute Gasteiger partial charge is 0.163 e. The number of ketones is 1. The molecule has 1 aromatic carbocycles. The van der Waals surface area contributed by atoms with E-state index < -0.39 is 6.37 Å². The molecule has 4 heteroatoms. The van der Waals surface area contributed by atoms with E-state index in [1.165, 1.54) is 0 Å². The summed E-state index contributed by atoms with van der Waals surface area (Å²) >= 11 is 0. The third-order valence-electron chi connectivity index (χ3n) is 7.84. The molecular weight excluding hydrogens is 352 g/mol. The molecule has 1 aliphatic heterocycles. The van der Waals surface area contributed by atoms with Crippen LogP contribution in [-0.4, -0.2) is 31.9 Å². The number of carbonyl (C=O) groups is 1. The molecule has 5 rings (SSSR count). The number of carbonyl (C=O) groups excluding carboxylic acids is 1. The number of Topliss-reactive ketones (excluding diaryl/α,β-unsaturated/α-hetero) is 1. The van der Waals surface area contributed by atoms with Gasteiger partial charge in [0.15, 0.2) is 12.1 Å². The Morgan fingerprint density at radius 3 is 2.89 bits per heavy atom. The summed E-state index contributed by atoms with van der Waals surface area (Å²) < 4.78 is 35.4. The maximum atomic E-state index is 13.3. The number of hydrogen-bond donors (Lipinski definition) is 0. The van der Waals surface area contributed by atoms with Crippen molar-refractivity contribution in [2.45, 2.75) is 76.6 Å². The quantitative estimate of drug-likeness (QED) is 0.725. The number of benzene rings is 1. The lowest BCUT2D eigenvalue weighted by atomic mass is 9.55. The number of methoxy groups -OCH3 is 1. The fourth-order valence-electron chi connectivity index (χ4n) is 6.28. The van der Waals surface area contributed by atoms with Crippen LogP contribution in [0.1, 0.15) is 82.8 Å². The molecule has 4 nitrogen and oxygen atoms in total. The lowest BCUT2D eigenvalue weighted by Crippen LogP contribution is -2.46. The Morgan fingerprint density at radius 2 is 2.11 bits per heavy atom. The number of ether oxygens (including phenoxy) is 3. The summed E-state index contributed by atoms with van der Waals surface area (Å²) in [6.45, 7) is 3.03. The molecule has 0 aromatic heterocycles. The predicted molar refractivity (Wildman–Crippen MR) is 107 cm³/mol. The maximum Gasteiger partial charge on any atom is 0.163 e. The van der Waals surface area contributed by atoms with Crippen LogP contribution >= 0.6 is 0 Å². The molecule has 3 fully saturated rings. The van der Waals surface area contributed by atoms with Crippen LogP contribution in [0.5, 0.6) is 5.75 Å². The van der Waals surface area contributed by atoms with Crippen LogP contribution in [0, 0.1) is 17.3 Å². The summed E-state index contributed by atoms with van der Waals surface area (Å²) in [5.41, 5.74) is 1.40. The van der Waals surface area contributed by atoms with Crippen molar-refractivity contribution in [3.63, 3.8) is 0 Å². The van der Waals surface area contributed by atoms with Crippen LogP contribution in [0.2, 0.25) is 0 Å². The van der Waals surface area contributed by atoms with Crippen LogP contribution in [0.25, 0.3) is 0 Å². The van der Waals surface area contributed by atoms with Gasteiger partial charge >= 0.3 is 0 Å². The summed E-state index contributed by atoms with van der Waals surface area (Å²) in [6.07, 6.45) is 4.97. The first-order valence-corrected chi connectivity index (χ1v) is 10.9. The van der Waals surface area contributed by atoms with E-state index in [9.17, 15) is 4.79 Å². The molecule has 1 unspecified atom stereocenters. The Balaban J connectivity index is 1.47. The van der Waals surface area contributed by atoms with E-state index in [0.717, 1.165) is 57.1 Å². The van der Waals surface area contributed by atoms with Crippen LogP contribution < -0.4 is 4.74 Å². The second-order valence-electron chi connectivity index (χ2n) is 9.21. The predicted octanol–water partition coefficient (Wildman–Crippen LogP) is 5.10. The molecule has 0 amide bonds. The van der Waals surface area contributed by atoms with Gasteiger partial charge in [0.1, 0.15) is 5.75 Å². The van der Waals surface area contributed by atoms with E-state index in [4.69, 9.17) is 17.0 Å². The van der Waals surface area contributed by atoms with Crippen LogP contribution in [0.15, 0.2) is 18.2 Å². The molecule has 152 valence electrons. The van der Waals surface area contributed by atoms with Crippen molar-refractivity contribution >= 4 is 5.78 Å². The van der Waals surface area contributed by atoms with Crippen LogP contribution in [0.3, 0.4) is 0 Å². The Bertz CT molecular complexity index is 834. The van der Waals surface area contributed by atoms with Crippen LogP contribution in [-0.2, 0) is 9.47 Å². The first kappa shape index (κ1) is 16.4. The fraction of sp³-hybridized carbons (Fsp3) is 0.708. The van der Waals surface area contributed by atoms with Crippen molar-refractivity contribution in [1.29, 1.82) is 0 Å². The Hall–Kier alpha value is -1.39. The van der Waals surface area contributed by atoms with Gasteiger partial charge in [0, 0.05) is 21.3 Å². The first-order chi connectivity index (χ1) is 14.4. The average molecular weight is 387 g/mol. The molecule has 1 saturated heterocycles. The first-order valence-electron chi connectivity index (χ1n) is 11.9. The molecule has 0 spiro atoms. The van der Waals surface area contributed by atoms with E-state index >= 15 is 0 Å². The van der Waals surface area contributed by atoms with E-state index in [1.54, 1.807) is 13.2 Å². The topological polar surface area (TPSA) is 44.8 Å². The second-order valence-corrected chi connectivity index (χ2v) is 9.21. The highest BCUT2D eigenvalue weighted by Gasteiger charge is 2.56. The van der Waals surface area contributed by atoms with Gasteiger partial charge in [-0.1, -0.05) is 13.0 Å². The summed E-state index contributed by atoms with van der Waals surface area (Å²) in [6, 6.07) is 5.61. The highest BCUT2D eigenvalue weighted by atomic mass is 16.7. The monoisotopic (exact) mass is 386 g/mol. The van der Waals surface area contributed by atoms with E-state index in [0.29, 0.717) is 11.3 Å². The maximum absolute atomic E-state index is 13.3. The molecule has 1 heterocycles. The normalized spacial score (nSPS) is 42.6. The molecule has 6 atom stereocenters. The minimum atomic E-state index is -1.87. The zero-order valence-electron chi connectivity index (χ0n) is 18.9. The van der Waals surface area contributed by atoms with Crippen LogP contribution in [0.4, 0.5) is 0 Å². The van der Waals surface area contributed by atoms with Gasteiger partial charge in [-0.05, 0) is 85.8 Å². The third kappa shape index (κ3) is 2.91. The lowest BCUT2D eigenvalue weighted by molar-refractivity contribution is -0.212. The molecule has 0 radical (unpaired) electrons. The zero-order chi connectivity index (χ0) is 21.1. The minimum Gasteiger partial charge on any atom is -0.497 e. The minimum absolute atomic E-state index is 0.0707. The van der Waals surface area contributed by atoms with Crippen molar-refractivity contribution in [3.8, 4) is 5.75 Å². The summed E-state index contributed by atoms with van der Waals surface area (Å²) in [5, 5.41) is 0. The van der Waals surface area contributed by atoms with Gasteiger partial charge in [0.2, 0.25) is 0 Å². The highest BCUT2D eigenvalue weighted by molar-refractivity contribution is 5.99. The van der Waals surface area contributed by atoms with Gasteiger partial charge in [-0.15, -0.1) is 0 Å². The Kier molecular flexibility index (Phi) is 4.18. The Morgan fingerprint density at radius 1 is 1.21 bits per heavy atom. The largest absolute Gasteiger partial charge is 0.497 e. The molecule has 0 bridgehead atoms. The number of fused-ring (bicyclic) bond motifs is 5. The molecule has 3 aliphatic carbocycles. The molecule has 2 saturated carbocycles. The molecule has 4 aliphatic rings. The van der Waals surface area contributed by atoms with Crippen molar-refractivity contribution < 1.29 is 21.7 Å². The molecule has 0 N–H and O–H groups in total. The van der Waals surface area contributed by atoms with Gasteiger partial charge in [-0.3, -0.25) is 4.79 Å². The van der Waals surface area contributed by atoms with Gasteiger partial charge in [-0.25, -0.2) is 0 Å². The van der Waals surface area contributed by atoms with E-state index in [2.05, 4.69) is 6.92 Å². The number of rotatable bonds is 3. The molecule has 28 heavy (non-hydrogen) atoms. The molecule has 1 aromatic rings. The van der Waals surface area contributed by atoms with Gasteiger partial charge < -0.3 is 14.2 Å². The fourth-order valence-corrected chi connectivity index (χ4v) is 6.28. The second kappa shape index (κ2) is 7.14. The van der Waals surface area contributed by atoms with Crippen molar-refractivity contribution in [2.24, 2.45) is 17.3 Å². The van der Waals surface area contributed by atoms with E-state index in [1.807, 2.05) is 12.1 Å². The SMILES string of the molecule is [2H]C1([2H])C(=O)c2cc(OC)ccc2[C@H]2CC[C@]3(C)[C@@H](OC4CCCCO4)CC[C@H]3[C@@H]21. The lowest BCUT2D eigenvalue weighted by Gasteiger charge is -2.50. The zero-order valence-corrected chi connectivity index (χ0v) is 16.9. The van der Waals surface area contributed by atoms with Crippen molar-refractivity contribution in [3.05, 3.63) is 29.3 Å². The molecular formula is C24H32O4. The standard InChI is InChI=1S/C24H32O4/c1-24-11-10-17-16-7-6-15(26-2)13-19(16)21(25)14-18(17)20(24)8-9-22(24)28-23-5-3-4-12-27-23/h6-7,13,17-18,20,22-23H,3-5,8-12,14H2,1-2H3/t17-,18-,20+,22+,23?,24+/m1/s1/i14D2. The van der Waals surface area contributed by atoms with Gasteiger partial charge in [0.25, 0.3) is 0 Å². The van der Waals surface area contributed by atoms with Crippen molar-refractivity contribution in [1.82, 2.24) is 0 Å². The van der Waals surface area contributed by atoms with Gasteiger partial charge in [-0.2, -0.15) is 0 Å². The number of hydrogen-bond acceptors (Lipinski definition) is 4. The summed E-state index contributed by atoms with van der Waals surface area (Å²) in [5.74, 6) is 0.131. The summed E-state index contributed by atoms with van der Waals surface area (Å²) in [7, 11) is 1.58. The third-order valence-corrected chi connectivity index (χ3v) is 7.84. The van der Waals surface area contributed by atoms with E-state index in [-0.39, 0.29) is 41.3 Å². The average Bonchev–Trinajstić information content (AvgIpc) is 3.08. The Labute approximate surface area is 170 Å². The highest BCUT2D eigenvalue weighted by Crippen LogP contribution is 2.61.